The van der Waals surface area contributed by atoms with Crippen LogP contribution >= 0.6 is 59.1 Å². The minimum atomic E-state index is -0.00294. The summed E-state index contributed by atoms with van der Waals surface area (Å²) in [7, 11) is 0. The first kappa shape index (κ1) is 13.7. The lowest BCUT2D eigenvalue weighted by Gasteiger charge is -2.14. The van der Waals surface area contributed by atoms with Crippen LogP contribution < -0.4 is 5.73 Å². The molecule has 17 heavy (non-hydrogen) atoms. The molecule has 0 aliphatic heterocycles. The highest BCUT2D eigenvalue weighted by Gasteiger charge is 2.13. The molecule has 0 aliphatic carbocycles. The molecule has 2 aromatic rings. The molecule has 0 radical (unpaired) electrons. The number of hydrogen-bond donors (Lipinski definition) is 1. The van der Waals surface area contributed by atoms with Crippen LogP contribution in [0.5, 0.6) is 0 Å². The summed E-state index contributed by atoms with van der Waals surface area (Å²) in [4.78, 5) is 1.28. The van der Waals surface area contributed by atoms with Crippen molar-refractivity contribution in [3.63, 3.8) is 0 Å². The van der Waals surface area contributed by atoms with E-state index in [9.17, 15) is 0 Å². The molecular weight excluding hydrogens is 430 g/mol. The summed E-state index contributed by atoms with van der Waals surface area (Å²) >= 11 is 12.3. The van der Waals surface area contributed by atoms with E-state index in [1.807, 2.05) is 12.1 Å². The topological polar surface area (TPSA) is 26.0 Å². The van der Waals surface area contributed by atoms with E-state index < -0.39 is 0 Å². The lowest BCUT2D eigenvalue weighted by atomic mass is 10.0. The van der Waals surface area contributed by atoms with Crippen molar-refractivity contribution in [2.75, 3.05) is 0 Å². The van der Waals surface area contributed by atoms with Gasteiger partial charge in [-0.15, -0.1) is 11.3 Å². The number of thiophene rings is 1. The first-order valence-corrected chi connectivity index (χ1v) is 8.26. The summed E-state index contributed by atoms with van der Waals surface area (Å²) < 4.78 is 3.25. The Morgan fingerprint density at radius 2 is 1.88 bits per heavy atom. The fourth-order valence-electron chi connectivity index (χ4n) is 1.58. The van der Waals surface area contributed by atoms with E-state index in [4.69, 9.17) is 5.73 Å². The summed E-state index contributed by atoms with van der Waals surface area (Å²) in [6, 6.07) is 8.14. The second kappa shape index (κ2) is 5.97. The smallest absolute Gasteiger partial charge is 0.0355 e. The van der Waals surface area contributed by atoms with Crippen LogP contribution in [-0.4, -0.2) is 0 Å². The van der Waals surface area contributed by atoms with E-state index in [1.54, 1.807) is 11.3 Å². The standard InChI is InChI=1S/C12H10Br3NS/c13-7-1-2-9(14)8(5-7)11(16)6-12-10(15)3-4-17-12/h1-5,11H,6,16H2. The molecule has 0 aliphatic rings. The molecule has 1 aromatic heterocycles. The molecule has 1 heterocycles. The van der Waals surface area contributed by atoms with Gasteiger partial charge in [-0.1, -0.05) is 31.9 Å². The van der Waals surface area contributed by atoms with Crippen molar-refractivity contribution >= 4 is 59.1 Å². The van der Waals surface area contributed by atoms with Gasteiger partial charge in [-0.25, -0.2) is 0 Å². The van der Waals surface area contributed by atoms with E-state index in [0.29, 0.717) is 0 Å². The van der Waals surface area contributed by atoms with Crippen LogP contribution in [0.4, 0.5) is 0 Å². The third kappa shape index (κ3) is 3.41. The molecule has 0 saturated heterocycles. The Balaban J connectivity index is 2.23. The third-order valence-electron chi connectivity index (χ3n) is 2.45. The molecular formula is C12H10Br3NS. The van der Waals surface area contributed by atoms with Crippen molar-refractivity contribution in [2.24, 2.45) is 5.73 Å². The molecule has 2 rings (SSSR count). The maximum absolute atomic E-state index is 6.26. The van der Waals surface area contributed by atoms with Crippen molar-refractivity contribution in [3.05, 3.63) is 53.5 Å². The largest absolute Gasteiger partial charge is 0.324 e. The maximum Gasteiger partial charge on any atom is 0.0355 e. The van der Waals surface area contributed by atoms with E-state index in [2.05, 4.69) is 65.3 Å². The quantitative estimate of drug-likeness (QED) is 0.691. The van der Waals surface area contributed by atoms with Crippen LogP contribution in [0.15, 0.2) is 43.1 Å². The van der Waals surface area contributed by atoms with Crippen LogP contribution in [0.1, 0.15) is 16.5 Å². The number of hydrogen-bond acceptors (Lipinski definition) is 2. The molecule has 90 valence electrons. The number of benzene rings is 1. The summed E-state index contributed by atoms with van der Waals surface area (Å²) in [6.45, 7) is 0. The summed E-state index contributed by atoms with van der Waals surface area (Å²) in [6.07, 6.45) is 0.841. The van der Waals surface area contributed by atoms with E-state index in [1.165, 1.54) is 4.88 Å². The van der Waals surface area contributed by atoms with Crippen LogP contribution in [0, 0.1) is 0 Å². The molecule has 0 bridgehead atoms. The van der Waals surface area contributed by atoms with Crippen molar-refractivity contribution < 1.29 is 0 Å². The maximum atomic E-state index is 6.26. The highest BCUT2D eigenvalue weighted by molar-refractivity contribution is 9.11. The van der Waals surface area contributed by atoms with Crippen molar-refractivity contribution in [1.29, 1.82) is 0 Å². The number of rotatable bonds is 3. The van der Waals surface area contributed by atoms with Gasteiger partial charge in [-0.05, 0) is 51.1 Å². The van der Waals surface area contributed by atoms with Gasteiger partial charge < -0.3 is 5.73 Å². The van der Waals surface area contributed by atoms with Crippen LogP contribution in [-0.2, 0) is 6.42 Å². The molecule has 0 spiro atoms. The lowest BCUT2D eigenvalue weighted by molar-refractivity contribution is 0.724. The molecule has 0 saturated carbocycles. The predicted molar refractivity (Wildman–Crippen MR) is 84.5 cm³/mol. The van der Waals surface area contributed by atoms with Gasteiger partial charge in [0.1, 0.15) is 0 Å². The number of halogens is 3. The average molecular weight is 440 g/mol. The lowest BCUT2D eigenvalue weighted by Crippen LogP contribution is -2.13. The second-order valence-electron chi connectivity index (χ2n) is 3.67. The van der Waals surface area contributed by atoms with Crippen molar-refractivity contribution in [1.82, 2.24) is 0 Å². The zero-order valence-corrected chi connectivity index (χ0v) is 14.4. The van der Waals surface area contributed by atoms with Gasteiger partial charge in [0, 0.05) is 30.8 Å². The monoisotopic (exact) mass is 437 g/mol. The van der Waals surface area contributed by atoms with Crippen molar-refractivity contribution in [2.45, 2.75) is 12.5 Å². The van der Waals surface area contributed by atoms with Crippen LogP contribution in [0.2, 0.25) is 0 Å². The van der Waals surface area contributed by atoms with Crippen molar-refractivity contribution in [3.8, 4) is 0 Å². The predicted octanol–water partition coefficient (Wildman–Crippen LogP) is 5.28. The Morgan fingerprint density at radius 1 is 1.12 bits per heavy atom. The summed E-state index contributed by atoms with van der Waals surface area (Å²) in [5, 5.41) is 2.07. The summed E-state index contributed by atoms with van der Waals surface area (Å²) in [5.41, 5.74) is 7.38. The van der Waals surface area contributed by atoms with E-state index in [0.717, 1.165) is 25.4 Å². The molecule has 1 aromatic carbocycles. The molecule has 1 atom stereocenters. The Bertz CT molecular complexity index is 524. The Kier molecular flexibility index (Phi) is 4.83. The van der Waals surface area contributed by atoms with Crippen LogP contribution in [0.25, 0.3) is 0 Å². The Morgan fingerprint density at radius 3 is 2.53 bits per heavy atom. The first-order valence-electron chi connectivity index (χ1n) is 5.00. The molecule has 5 heteroatoms. The van der Waals surface area contributed by atoms with Gasteiger partial charge in [0.05, 0.1) is 0 Å². The fourth-order valence-corrected chi connectivity index (χ4v) is 4.07. The zero-order valence-electron chi connectivity index (χ0n) is 8.79. The first-order chi connectivity index (χ1) is 8.08. The minimum absolute atomic E-state index is 0.00294. The minimum Gasteiger partial charge on any atom is -0.324 e. The molecule has 0 amide bonds. The SMILES string of the molecule is NC(Cc1sccc1Br)c1cc(Br)ccc1Br. The second-order valence-corrected chi connectivity index (χ2v) is 7.29. The summed E-state index contributed by atoms with van der Waals surface area (Å²) in [5.74, 6) is 0. The normalized spacial score (nSPS) is 12.7. The van der Waals surface area contributed by atoms with Gasteiger partial charge in [0.25, 0.3) is 0 Å². The van der Waals surface area contributed by atoms with E-state index >= 15 is 0 Å². The Labute approximate surface area is 130 Å². The van der Waals surface area contributed by atoms with Gasteiger partial charge in [-0.2, -0.15) is 0 Å². The van der Waals surface area contributed by atoms with Gasteiger partial charge in [0.2, 0.25) is 0 Å². The zero-order chi connectivity index (χ0) is 12.4. The number of nitrogens with two attached hydrogens (primary N) is 1. The molecule has 2 N–H and O–H groups in total. The fraction of sp³-hybridized carbons (Fsp3) is 0.167. The molecule has 1 unspecified atom stereocenters. The highest BCUT2D eigenvalue weighted by Crippen LogP contribution is 2.31. The van der Waals surface area contributed by atoms with E-state index in [-0.39, 0.29) is 6.04 Å². The van der Waals surface area contributed by atoms with Crippen LogP contribution in [0.3, 0.4) is 0 Å². The highest BCUT2D eigenvalue weighted by atomic mass is 79.9. The average Bonchev–Trinajstić information content (AvgIpc) is 2.68. The molecule has 1 nitrogen and oxygen atoms in total. The van der Waals surface area contributed by atoms with Gasteiger partial charge in [-0.3, -0.25) is 0 Å². The van der Waals surface area contributed by atoms with Gasteiger partial charge >= 0.3 is 0 Å². The van der Waals surface area contributed by atoms with Gasteiger partial charge in [0.15, 0.2) is 0 Å². The Hall–Kier alpha value is 0.320. The third-order valence-corrected chi connectivity index (χ3v) is 5.62. The molecule has 0 fully saturated rings.